The maximum Gasteiger partial charge on any atom is 0.282 e. The van der Waals surface area contributed by atoms with Gasteiger partial charge in [0.1, 0.15) is 5.82 Å². The van der Waals surface area contributed by atoms with Crippen LogP contribution in [0.25, 0.3) is 0 Å². The van der Waals surface area contributed by atoms with E-state index in [0.717, 1.165) is 17.1 Å². The predicted molar refractivity (Wildman–Crippen MR) is 89.7 cm³/mol. The topological polar surface area (TPSA) is 66.6 Å². The zero-order valence-corrected chi connectivity index (χ0v) is 14.9. The molecule has 0 radical (unpaired) electrons. The monoisotopic (exact) mass is 363 g/mol. The van der Waals surface area contributed by atoms with E-state index in [4.69, 9.17) is 17.3 Å². The highest BCUT2D eigenvalue weighted by Gasteiger charge is 2.32. The van der Waals surface area contributed by atoms with Crippen LogP contribution in [0.2, 0.25) is 5.02 Å². The van der Waals surface area contributed by atoms with Crippen LogP contribution in [0.4, 0.5) is 4.39 Å². The molecule has 0 aromatic heterocycles. The lowest BCUT2D eigenvalue weighted by atomic mass is 9.92. The van der Waals surface area contributed by atoms with Crippen LogP contribution in [0.3, 0.4) is 0 Å². The Labute approximate surface area is 142 Å². The van der Waals surface area contributed by atoms with Gasteiger partial charge in [-0.15, -0.1) is 0 Å². The highest BCUT2D eigenvalue weighted by Crippen LogP contribution is 2.25. The molecule has 130 valence electrons. The molecule has 0 spiro atoms. The number of nitrogens with zero attached hydrogens (tertiary/aromatic N) is 2. The molecule has 1 atom stereocenters. The number of nitrogens with two attached hydrogens (primary N) is 1. The highest BCUT2D eigenvalue weighted by atomic mass is 35.5. The fourth-order valence-electron chi connectivity index (χ4n) is 2.82. The quantitative estimate of drug-likeness (QED) is 0.872. The SMILES string of the molecule is CC(N)C1CCN(S(=O)(=O)N(C)Cc2c(F)cccc2Cl)CC1. The van der Waals surface area contributed by atoms with Gasteiger partial charge in [-0.05, 0) is 37.8 Å². The summed E-state index contributed by atoms with van der Waals surface area (Å²) in [6.07, 6.45) is 1.48. The van der Waals surface area contributed by atoms with Crippen LogP contribution in [-0.2, 0) is 16.8 Å². The molecule has 2 rings (SSSR count). The van der Waals surface area contributed by atoms with Crippen LogP contribution in [0.15, 0.2) is 18.2 Å². The van der Waals surface area contributed by atoms with Crippen LogP contribution >= 0.6 is 11.6 Å². The van der Waals surface area contributed by atoms with Gasteiger partial charge in [0.15, 0.2) is 0 Å². The second-order valence-electron chi connectivity index (χ2n) is 6.06. The minimum atomic E-state index is -3.64. The molecular formula is C15H23ClFN3O2S. The third-order valence-electron chi connectivity index (χ3n) is 4.40. The number of piperidine rings is 1. The number of hydrogen-bond donors (Lipinski definition) is 1. The Morgan fingerprint density at radius 2 is 2.04 bits per heavy atom. The van der Waals surface area contributed by atoms with Crippen LogP contribution in [0.5, 0.6) is 0 Å². The average molecular weight is 364 g/mol. The zero-order valence-electron chi connectivity index (χ0n) is 13.4. The lowest BCUT2D eigenvalue weighted by molar-refractivity contribution is 0.238. The molecule has 0 aliphatic carbocycles. The number of halogens is 2. The van der Waals surface area contributed by atoms with Crippen molar-refractivity contribution >= 4 is 21.8 Å². The molecule has 1 heterocycles. The summed E-state index contributed by atoms with van der Waals surface area (Å²) in [6.45, 7) is 2.72. The van der Waals surface area contributed by atoms with Crippen molar-refractivity contribution in [3.63, 3.8) is 0 Å². The molecule has 1 fully saturated rings. The second kappa shape index (κ2) is 7.44. The summed E-state index contributed by atoms with van der Waals surface area (Å²) in [5.74, 6) is -0.164. The fourth-order valence-corrected chi connectivity index (χ4v) is 4.40. The van der Waals surface area contributed by atoms with Crippen molar-refractivity contribution in [2.24, 2.45) is 11.7 Å². The van der Waals surface area contributed by atoms with Crippen LogP contribution in [0, 0.1) is 11.7 Å². The smallest absolute Gasteiger partial charge is 0.282 e. The number of benzene rings is 1. The van der Waals surface area contributed by atoms with Crippen molar-refractivity contribution in [1.82, 2.24) is 8.61 Å². The predicted octanol–water partition coefficient (Wildman–Crippen LogP) is 2.21. The Morgan fingerprint density at radius 3 is 2.57 bits per heavy atom. The van der Waals surface area contributed by atoms with Crippen molar-refractivity contribution < 1.29 is 12.8 Å². The molecule has 0 bridgehead atoms. The molecule has 0 amide bonds. The summed E-state index contributed by atoms with van der Waals surface area (Å²) in [4.78, 5) is 0. The van der Waals surface area contributed by atoms with Gasteiger partial charge in [0.05, 0.1) is 0 Å². The van der Waals surface area contributed by atoms with Gasteiger partial charge in [-0.2, -0.15) is 17.0 Å². The van der Waals surface area contributed by atoms with Crippen LogP contribution in [-0.4, -0.2) is 43.2 Å². The standard InChI is InChI=1S/C15H23ClFN3O2S/c1-11(18)12-6-8-20(9-7-12)23(21,22)19(2)10-13-14(16)4-3-5-15(13)17/h3-5,11-12H,6-10,18H2,1-2H3. The minimum Gasteiger partial charge on any atom is -0.328 e. The Hall–Kier alpha value is -0.730. The normalized spacial score (nSPS) is 19.2. The van der Waals surface area contributed by atoms with Gasteiger partial charge in [0.25, 0.3) is 10.2 Å². The van der Waals surface area contributed by atoms with Crippen LogP contribution in [0.1, 0.15) is 25.3 Å². The van der Waals surface area contributed by atoms with Gasteiger partial charge in [-0.1, -0.05) is 17.7 Å². The second-order valence-corrected chi connectivity index (χ2v) is 8.50. The summed E-state index contributed by atoms with van der Waals surface area (Å²) in [5.41, 5.74) is 6.07. The Balaban J connectivity index is 2.08. The third kappa shape index (κ3) is 4.22. The zero-order chi connectivity index (χ0) is 17.2. The molecule has 1 unspecified atom stereocenters. The van der Waals surface area contributed by atoms with E-state index >= 15 is 0 Å². The van der Waals surface area contributed by atoms with Crippen molar-refractivity contribution in [2.45, 2.75) is 32.4 Å². The Kier molecular flexibility index (Phi) is 6.02. The summed E-state index contributed by atoms with van der Waals surface area (Å²) < 4.78 is 41.7. The van der Waals surface area contributed by atoms with Crippen molar-refractivity contribution in [3.8, 4) is 0 Å². The van der Waals surface area contributed by atoms with Crippen molar-refractivity contribution in [2.75, 3.05) is 20.1 Å². The summed E-state index contributed by atoms with van der Waals surface area (Å²) in [7, 11) is -2.20. The van der Waals surface area contributed by atoms with E-state index in [0.29, 0.717) is 19.0 Å². The van der Waals surface area contributed by atoms with E-state index in [1.807, 2.05) is 6.92 Å². The van der Waals surface area contributed by atoms with Gasteiger partial charge >= 0.3 is 0 Å². The van der Waals surface area contributed by atoms with E-state index < -0.39 is 16.0 Å². The van der Waals surface area contributed by atoms with Crippen molar-refractivity contribution in [1.29, 1.82) is 0 Å². The van der Waals surface area contributed by atoms with Gasteiger partial charge in [-0.3, -0.25) is 0 Å². The maximum atomic E-state index is 13.8. The van der Waals surface area contributed by atoms with Gasteiger partial charge in [0.2, 0.25) is 0 Å². The molecule has 1 aromatic rings. The van der Waals surface area contributed by atoms with Gasteiger partial charge in [0, 0.05) is 43.3 Å². The average Bonchev–Trinajstić information content (AvgIpc) is 2.50. The van der Waals surface area contributed by atoms with E-state index in [9.17, 15) is 12.8 Å². The molecule has 0 saturated carbocycles. The van der Waals surface area contributed by atoms with Gasteiger partial charge < -0.3 is 5.73 Å². The fraction of sp³-hybridized carbons (Fsp3) is 0.600. The van der Waals surface area contributed by atoms with Crippen molar-refractivity contribution in [3.05, 3.63) is 34.6 Å². The molecule has 1 aliphatic heterocycles. The molecule has 8 heteroatoms. The van der Waals surface area contributed by atoms with Gasteiger partial charge in [-0.25, -0.2) is 4.39 Å². The molecule has 1 aromatic carbocycles. The first-order valence-electron chi connectivity index (χ1n) is 7.63. The molecule has 5 nitrogen and oxygen atoms in total. The Morgan fingerprint density at radius 1 is 1.43 bits per heavy atom. The number of rotatable bonds is 5. The minimum absolute atomic E-state index is 0.0646. The molecule has 1 aliphatic rings. The lowest BCUT2D eigenvalue weighted by Crippen LogP contribution is -2.47. The summed E-state index contributed by atoms with van der Waals surface area (Å²) in [5, 5.41) is 0.225. The Bertz CT molecular complexity index is 626. The summed E-state index contributed by atoms with van der Waals surface area (Å²) >= 11 is 5.97. The molecular weight excluding hydrogens is 341 g/mol. The molecule has 1 saturated heterocycles. The first-order chi connectivity index (χ1) is 10.7. The number of hydrogen-bond acceptors (Lipinski definition) is 3. The van der Waals surface area contributed by atoms with E-state index in [2.05, 4.69) is 0 Å². The third-order valence-corrected chi connectivity index (χ3v) is 6.69. The maximum absolute atomic E-state index is 13.8. The van der Waals surface area contributed by atoms with E-state index in [1.165, 1.54) is 23.5 Å². The first kappa shape index (κ1) is 18.6. The summed E-state index contributed by atoms with van der Waals surface area (Å²) in [6, 6.07) is 4.38. The first-order valence-corrected chi connectivity index (χ1v) is 9.41. The largest absolute Gasteiger partial charge is 0.328 e. The molecule has 2 N–H and O–H groups in total. The van der Waals surface area contributed by atoms with Crippen LogP contribution < -0.4 is 5.73 Å². The highest BCUT2D eigenvalue weighted by molar-refractivity contribution is 7.86. The molecule has 23 heavy (non-hydrogen) atoms. The van der Waals surface area contributed by atoms with E-state index in [-0.39, 0.29) is 23.2 Å². The van der Waals surface area contributed by atoms with E-state index in [1.54, 1.807) is 6.07 Å². The lowest BCUT2D eigenvalue weighted by Gasteiger charge is -2.35.